The minimum atomic E-state index is -0.495. The van der Waals surface area contributed by atoms with Crippen molar-refractivity contribution >= 4 is 0 Å². The molecule has 23 heavy (non-hydrogen) atoms. The molecule has 0 spiro atoms. The van der Waals surface area contributed by atoms with E-state index in [4.69, 9.17) is 5.11 Å². The first kappa shape index (κ1) is 22.9. The second kappa shape index (κ2) is 18.3. The van der Waals surface area contributed by atoms with E-state index in [2.05, 4.69) is 13.8 Å². The highest BCUT2D eigenvalue weighted by molar-refractivity contribution is 4.54. The van der Waals surface area contributed by atoms with E-state index in [9.17, 15) is 5.11 Å². The van der Waals surface area contributed by atoms with Crippen LogP contribution in [0.4, 0.5) is 0 Å². The summed E-state index contributed by atoms with van der Waals surface area (Å²) >= 11 is 0. The van der Waals surface area contributed by atoms with Gasteiger partial charge in [-0.25, -0.2) is 0 Å². The van der Waals surface area contributed by atoms with Gasteiger partial charge in [0, 0.05) is 0 Å². The van der Waals surface area contributed by atoms with E-state index in [0.29, 0.717) is 0 Å². The lowest BCUT2D eigenvalue weighted by atomic mass is 9.99. The minimum absolute atomic E-state index is 0.0855. The Morgan fingerprint density at radius 3 is 1.30 bits per heavy atom. The molecule has 0 amide bonds. The number of unbranched alkanes of at least 4 members (excludes halogenated alkanes) is 12. The summed E-state index contributed by atoms with van der Waals surface area (Å²) in [5.41, 5.74) is 0. The van der Waals surface area contributed by atoms with E-state index >= 15 is 0 Å². The molecule has 0 bridgehead atoms. The molecule has 0 aliphatic heterocycles. The SMILES string of the molecule is CCC(C)CCCCCCCCCCCCCCCC(O)CO. The van der Waals surface area contributed by atoms with Gasteiger partial charge >= 0.3 is 0 Å². The molecule has 2 N–H and O–H groups in total. The Morgan fingerprint density at radius 1 is 0.609 bits per heavy atom. The van der Waals surface area contributed by atoms with E-state index < -0.39 is 6.10 Å². The summed E-state index contributed by atoms with van der Waals surface area (Å²) < 4.78 is 0. The second-order valence-electron chi connectivity index (χ2n) is 7.52. The average molecular weight is 329 g/mol. The molecule has 2 heteroatoms. The van der Waals surface area contributed by atoms with Crippen LogP contribution in [0.1, 0.15) is 117 Å². The number of hydrogen-bond acceptors (Lipinski definition) is 2. The van der Waals surface area contributed by atoms with Crippen LogP contribution in [0, 0.1) is 5.92 Å². The number of aliphatic hydroxyl groups excluding tert-OH is 2. The van der Waals surface area contributed by atoms with Crippen molar-refractivity contribution in [1.82, 2.24) is 0 Å². The standard InChI is InChI=1S/C21H44O2/c1-3-20(2)17-15-13-11-9-7-5-4-6-8-10-12-14-16-18-21(23)19-22/h20-23H,3-19H2,1-2H3. The van der Waals surface area contributed by atoms with Crippen molar-refractivity contribution in [2.45, 2.75) is 123 Å². The van der Waals surface area contributed by atoms with Crippen LogP contribution in [0.5, 0.6) is 0 Å². The predicted octanol–water partition coefficient (Wildman–Crippen LogP) is 6.24. The van der Waals surface area contributed by atoms with Crippen molar-refractivity contribution in [2.24, 2.45) is 5.92 Å². The number of aliphatic hydroxyl groups is 2. The molecule has 0 saturated carbocycles. The minimum Gasteiger partial charge on any atom is -0.394 e. The fourth-order valence-electron chi connectivity index (χ4n) is 3.11. The van der Waals surface area contributed by atoms with Crippen LogP contribution in [0.3, 0.4) is 0 Å². The summed E-state index contributed by atoms with van der Waals surface area (Å²) in [5, 5.41) is 18.0. The van der Waals surface area contributed by atoms with Crippen LogP contribution in [0.15, 0.2) is 0 Å². The molecule has 2 atom stereocenters. The van der Waals surface area contributed by atoms with Gasteiger partial charge in [-0.1, -0.05) is 110 Å². The molecule has 0 aromatic heterocycles. The Kier molecular flexibility index (Phi) is 18.2. The van der Waals surface area contributed by atoms with E-state index in [-0.39, 0.29) is 6.61 Å². The summed E-state index contributed by atoms with van der Waals surface area (Å²) in [6, 6.07) is 0. The van der Waals surface area contributed by atoms with Gasteiger partial charge in [-0.05, 0) is 12.3 Å². The lowest BCUT2D eigenvalue weighted by Crippen LogP contribution is -2.10. The lowest BCUT2D eigenvalue weighted by molar-refractivity contribution is 0.0860. The van der Waals surface area contributed by atoms with Gasteiger partial charge in [0.05, 0.1) is 12.7 Å². The summed E-state index contributed by atoms with van der Waals surface area (Å²) in [6.45, 7) is 4.59. The molecule has 140 valence electrons. The van der Waals surface area contributed by atoms with Gasteiger partial charge in [0.2, 0.25) is 0 Å². The molecule has 0 aliphatic carbocycles. The maximum Gasteiger partial charge on any atom is 0.0770 e. The molecule has 2 nitrogen and oxygen atoms in total. The highest BCUT2D eigenvalue weighted by atomic mass is 16.3. The average Bonchev–Trinajstić information content (AvgIpc) is 2.57. The third-order valence-electron chi connectivity index (χ3n) is 5.14. The Balaban J connectivity index is 3.03. The van der Waals surface area contributed by atoms with Gasteiger partial charge < -0.3 is 10.2 Å². The molecular weight excluding hydrogens is 284 g/mol. The van der Waals surface area contributed by atoms with Crippen LogP contribution < -0.4 is 0 Å². The van der Waals surface area contributed by atoms with Crippen molar-refractivity contribution in [3.8, 4) is 0 Å². The first-order valence-corrected chi connectivity index (χ1v) is 10.5. The fraction of sp³-hybridized carbons (Fsp3) is 1.00. The number of rotatable bonds is 18. The van der Waals surface area contributed by atoms with E-state index in [1.165, 1.54) is 89.9 Å². The van der Waals surface area contributed by atoms with Crippen LogP contribution in [0.2, 0.25) is 0 Å². The third-order valence-corrected chi connectivity index (χ3v) is 5.14. The first-order chi connectivity index (χ1) is 11.2. The zero-order valence-electron chi connectivity index (χ0n) is 16.1. The highest BCUT2D eigenvalue weighted by Crippen LogP contribution is 2.16. The molecule has 0 saturated heterocycles. The maximum absolute atomic E-state index is 9.23. The topological polar surface area (TPSA) is 40.5 Å². The Bertz CT molecular complexity index is 196. The third kappa shape index (κ3) is 18.1. The molecule has 0 aromatic rings. The largest absolute Gasteiger partial charge is 0.394 e. The van der Waals surface area contributed by atoms with Gasteiger partial charge in [-0.3, -0.25) is 0 Å². The predicted molar refractivity (Wildman–Crippen MR) is 102 cm³/mol. The highest BCUT2D eigenvalue weighted by Gasteiger charge is 2.01. The van der Waals surface area contributed by atoms with E-state index in [0.717, 1.165) is 18.8 Å². The molecule has 0 aliphatic rings. The van der Waals surface area contributed by atoms with Gasteiger partial charge in [0.15, 0.2) is 0 Å². The smallest absolute Gasteiger partial charge is 0.0770 e. The second-order valence-corrected chi connectivity index (χ2v) is 7.52. The Hall–Kier alpha value is -0.0800. The van der Waals surface area contributed by atoms with E-state index in [1.54, 1.807) is 0 Å². The number of hydrogen-bond donors (Lipinski definition) is 2. The summed E-state index contributed by atoms with van der Waals surface area (Å²) in [5.74, 6) is 0.926. The van der Waals surface area contributed by atoms with Crippen molar-refractivity contribution < 1.29 is 10.2 Å². The zero-order chi connectivity index (χ0) is 17.2. The Morgan fingerprint density at radius 2 is 0.957 bits per heavy atom. The molecule has 0 fully saturated rings. The first-order valence-electron chi connectivity index (χ1n) is 10.5. The lowest BCUT2D eigenvalue weighted by Gasteiger charge is -2.07. The van der Waals surface area contributed by atoms with Gasteiger partial charge in [0.25, 0.3) is 0 Å². The monoisotopic (exact) mass is 328 g/mol. The molecule has 2 unspecified atom stereocenters. The van der Waals surface area contributed by atoms with Crippen molar-refractivity contribution in [3.05, 3.63) is 0 Å². The van der Waals surface area contributed by atoms with Gasteiger partial charge in [-0.2, -0.15) is 0 Å². The van der Waals surface area contributed by atoms with Crippen LogP contribution in [-0.4, -0.2) is 22.9 Å². The van der Waals surface area contributed by atoms with E-state index in [1.807, 2.05) is 0 Å². The quantitative estimate of drug-likeness (QED) is 0.292. The molecule has 0 heterocycles. The van der Waals surface area contributed by atoms with Crippen molar-refractivity contribution in [2.75, 3.05) is 6.61 Å². The van der Waals surface area contributed by atoms with Crippen LogP contribution >= 0.6 is 0 Å². The van der Waals surface area contributed by atoms with Gasteiger partial charge in [-0.15, -0.1) is 0 Å². The zero-order valence-corrected chi connectivity index (χ0v) is 16.1. The van der Waals surface area contributed by atoms with Crippen LogP contribution in [0.25, 0.3) is 0 Å². The molecular formula is C21H44O2. The molecule has 0 aromatic carbocycles. The fourth-order valence-corrected chi connectivity index (χ4v) is 3.11. The molecule has 0 radical (unpaired) electrons. The van der Waals surface area contributed by atoms with Gasteiger partial charge in [0.1, 0.15) is 0 Å². The normalized spacial score (nSPS) is 14.1. The summed E-state index contributed by atoms with van der Waals surface area (Å²) in [7, 11) is 0. The van der Waals surface area contributed by atoms with Crippen molar-refractivity contribution in [3.63, 3.8) is 0 Å². The Labute approximate surface area is 146 Å². The van der Waals surface area contributed by atoms with Crippen molar-refractivity contribution in [1.29, 1.82) is 0 Å². The molecule has 0 rings (SSSR count). The summed E-state index contributed by atoms with van der Waals surface area (Å²) in [4.78, 5) is 0. The van der Waals surface area contributed by atoms with Crippen LogP contribution in [-0.2, 0) is 0 Å². The summed E-state index contributed by atoms with van der Waals surface area (Å²) in [6.07, 6.45) is 20.7. The maximum atomic E-state index is 9.23.